The molecule has 3 rings (SSSR count). The standard InChI is InChI=1S/C14H24N4O/c15-3-1-2-12-8-13(9-12)18-11-14(10-16-18)17-4-6-19-7-5-17/h10-13H,1-9,15H2. The zero-order chi connectivity index (χ0) is 13.1. The molecule has 1 aromatic heterocycles. The second-order valence-corrected chi connectivity index (χ2v) is 5.70. The Kier molecular flexibility index (Phi) is 4.03. The lowest BCUT2D eigenvalue weighted by Gasteiger charge is -2.35. The number of ether oxygens (including phenoxy) is 1. The monoisotopic (exact) mass is 264 g/mol. The highest BCUT2D eigenvalue weighted by atomic mass is 16.5. The van der Waals surface area contributed by atoms with Crippen LogP contribution in [-0.4, -0.2) is 42.6 Å². The molecule has 1 saturated carbocycles. The van der Waals surface area contributed by atoms with Gasteiger partial charge in [-0.05, 0) is 38.1 Å². The summed E-state index contributed by atoms with van der Waals surface area (Å²) in [5.41, 5.74) is 6.80. The summed E-state index contributed by atoms with van der Waals surface area (Å²) in [5.74, 6) is 0.865. The molecule has 5 nitrogen and oxygen atoms in total. The summed E-state index contributed by atoms with van der Waals surface area (Å²) in [6, 6.07) is 0.609. The van der Waals surface area contributed by atoms with Gasteiger partial charge in [0.15, 0.2) is 0 Å². The van der Waals surface area contributed by atoms with Crippen molar-refractivity contribution in [1.29, 1.82) is 0 Å². The number of aromatic nitrogens is 2. The van der Waals surface area contributed by atoms with Crippen molar-refractivity contribution in [3.05, 3.63) is 12.4 Å². The highest BCUT2D eigenvalue weighted by Crippen LogP contribution is 2.40. The molecule has 1 aliphatic carbocycles. The maximum Gasteiger partial charge on any atom is 0.0754 e. The average Bonchev–Trinajstić information content (AvgIpc) is 2.87. The molecule has 0 atom stereocenters. The minimum Gasteiger partial charge on any atom is -0.378 e. The van der Waals surface area contributed by atoms with Crippen LogP contribution in [0.4, 0.5) is 5.69 Å². The Labute approximate surface area is 114 Å². The molecule has 2 fully saturated rings. The third-order valence-electron chi connectivity index (χ3n) is 4.37. The molecule has 2 aliphatic rings. The van der Waals surface area contributed by atoms with Crippen LogP contribution in [0.15, 0.2) is 12.4 Å². The maximum absolute atomic E-state index is 5.55. The minimum atomic E-state index is 0.609. The van der Waals surface area contributed by atoms with Crippen molar-refractivity contribution < 1.29 is 4.74 Å². The van der Waals surface area contributed by atoms with Crippen LogP contribution >= 0.6 is 0 Å². The van der Waals surface area contributed by atoms with Crippen LogP contribution in [0.3, 0.4) is 0 Å². The Morgan fingerprint density at radius 1 is 1.32 bits per heavy atom. The molecule has 106 valence electrons. The molecule has 2 heterocycles. The van der Waals surface area contributed by atoms with Gasteiger partial charge in [0.2, 0.25) is 0 Å². The molecule has 1 saturated heterocycles. The first-order valence-electron chi connectivity index (χ1n) is 7.43. The minimum absolute atomic E-state index is 0.609. The quantitative estimate of drug-likeness (QED) is 0.873. The van der Waals surface area contributed by atoms with Crippen molar-refractivity contribution in [3.63, 3.8) is 0 Å². The molecule has 0 bridgehead atoms. The summed E-state index contributed by atoms with van der Waals surface area (Å²) in [6.07, 6.45) is 9.18. The number of nitrogens with two attached hydrogens (primary N) is 1. The lowest BCUT2D eigenvalue weighted by Crippen LogP contribution is -2.36. The molecule has 0 unspecified atom stereocenters. The van der Waals surface area contributed by atoms with Gasteiger partial charge in [0.1, 0.15) is 0 Å². The lowest BCUT2D eigenvalue weighted by atomic mass is 9.77. The molecule has 2 N–H and O–H groups in total. The molecular formula is C14H24N4O. The first-order valence-corrected chi connectivity index (χ1v) is 7.43. The van der Waals surface area contributed by atoms with E-state index in [0.717, 1.165) is 45.2 Å². The Morgan fingerprint density at radius 2 is 2.11 bits per heavy atom. The van der Waals surface area contributed by atoms with E-state index in [4.69, 9.17) is 10.5 Å². The van der Waals surface area contributed by atoms with Crippen LogP contribution in [0.5, 0.6) is 0 Å². The van der Waals surface area contributed by atoms with Gasteiger partial charge in [-0.2, -0.15) is 5.10 Å². The van der Waals surface area contributed by atoms with E-state index < -0.39 is 0 Å². The highest BCUT2D eigenvalue weighted by Gasteiger charge is 2.30. The lowest BCUT2D eigenvalue weighted by molar-refractivity contribution is 0.122. The Balaban J connectivity index is 1.51. The van der Waals surface area contributed by atoms with Gasteiger partial charge in [-0.25, -0.2) is 0 Å². The van der Waals surface area contributed by atoms with E-state index in [2.05, 4.69) is 20.9 Å². The van der Waals surface area contributed by atoms with Crippen LogP contribution in [0.25, 0.3) is 0 Å². The molecule has 19 heavy (non-hydrogen) atoms. The van der Waals surface area contributed by atoms with Gasteiger partial charge in [0.25, 0.3) is 0 Å². The van der Waals surface area contributed by atoms with Crippen molar-refractivity contribution in [2.75, 3.05) is 37.7 Å². The Morgan fingerprint density at radius 3 is 2.84 bits per heavy atom. The fourth-order valence-corrected chi connectivity index (χ4v) is 3.07. The number of nitrogens with zero attached hydrogens (tertiary/aromatic N) is 3. The van der Waals surface area contributed by atoms with Crippen molar-refractivity contribution in [1.82, 2.24) is 9.78 Å². The number of anilines is 1. The summed E-state index contributed by atoms with van der Waals surface area (Å²) >= 11 is 0. The molecule has 0 spiro atoms. The largest absolute Gasteiger partial charge is 0.378 e. The average molecular weight is 264 g/mol. The Hall–Kier alpha value is -1.07. The Bertz CT molecular complexity index is 394. The molecule has 0 amide bonds. The summed E-state index contributed by atoms with van der Waals surface area (Å²) < 4.78 is 7.54. The normalized spacial score (nSPS) is 27.3. The zero-order valence-corrected chi connectivity index (χ0v) is 11.5. The number of morpholine rings is 1. The smallest absolute Gasteiger partial charge is 0.0754 e. The SMILES string of the molecule is NCCCC1CC(n2cc(N3CCOCC3)cn2)C1. The van der Waals surface area contributed by atoms with Crippen LogP contribution in [0.2, 0.25) is 0 Å². The molecular weight excluding hydrogens is 240 g/mol. The van der Waals surface area contributed by atoms with E-state index in [9.17, 15) is 0 Å². The van der Waals surface area contributed by atoms with Gasteiger partial charge in [0, 0.05) is 19.3 Å². The van der Waals surface area contributed by atoms with Crippen molar-refractivity contribution in [2.24, 2.45) is 11.7 Å². The number of hydrogen-bond donors (Lipinski definition) is 1. The molecule has 0 aromatic carbocycles. The van der Waals surface area contributed by atoms with E-state index in [0.29, 0.717) is 6.04 Å². The second kappa shape index (κ2) is 5.92. The summed E-state index contributed by atoms with van der Waals surface area (Å²) in [7, 11) is 0. The van der Waals surface area contributed by atoms with Gasteiger partial charge in [-0.15, -0.1) is 0 Å². The summed E-state index contributed by atoms with van der Waals surface area (Å²) in [5, 5.41) is 4.54. The predicted molar refractivity (Wildman–Crippen MR) is 75.3 cm³/mol. The fraction of sp³-hybridized carbons (Fsp3) is 0.786. The molecule has 1 aromatic rings. The second-order valence-electron chi connectivity index (χ2n) is 5.70. The van der Waals surface area contributed by atoms with Crippen molar-refractivity contribution >= 4 is 5.69 Å². The molecule has 1 aliphatic heterocycles. The topological polar surface area (TPSA) is 56.3 Å². The summed E-state index contributed by atoms with van der Waals surface area (Å²) in [6.45, 7) is 4.45. The molecule has 5 heteroatoms. The first kappa shape index (κ1) is 12.9. The van der Waals surface area contributed by atoms with Gasteiger partial charge in [-0.3, -0.25) is 4.68 Å². The van der Waals surface area contributed by atoms with Crippen molar-refractivity contribution in [3.8, 4) is 0 Å². The van der Waals surface area contributed by atoms with Crippen LogP contribution in [0, 0.1) is 5.92 Å². The van der Waals surface area contributed by atoms with Gasteiger partial charge in [-0.1, -0.05) is 0 Å². The zero-order valence-electron chi connectivity index (χ0n) is 11.5. The van der Waals surface area contributed by atoms with Crippen LogP contribution in [0.1, 0.15) is 31.7 Å². The predicted octanol–water partition coefficient (Wildman–Crippen LogP) is 1.41. The van der Waals surface area contributed by atoms with Crippen molar-refractivity contribution in [2.45, 2.75) is 31.7 Å². The first-order chi connectivity index (χ1) is 9.36. The van der Waals surface area contributed by atoms with E-state index in [1.807, 2.05) is 6.20 Å². The summed E-state index contributed by atoms with van der Waals surface area (Å²) in [4.78, 5) is 2.36. The fourth-order valence-electron chi connectivity index (χ4n) is 3.07. The number of hydrogen-bond acceptors (Lipinski definition) is 4. The highest BCUT2D eigenvalue weighted by molar-refractivity contribution is 5.42. The van der Waals surface area contributed by atoms with Gasteiger partial charge >= 0.3 is 0 Å². The van der Waals surface area contributed by atoms with Crippen LogP contribution in [-0.2, 0) is 4.74 Å². The number of rotatable bonds is 5. The third kappa shape index (κ3) is 2.92. The van der Waals surface area contributed by atoms with Crippen LogP contribution < -0.4 is 10.6 Å². The van der Waals surface area contributed by atoms with E-state index in [1.54, 1.807) is 0 Å². The van der Waals surface area contributed by atoms with Gasteiger partial charge < -0.3 is 15.4 Å². The van der Waals surface area contributed by atoms with Gasteiger partial charge in [0.05, 0.1) is 31.1 Å². The van der Waals surface area contributed by atoms with E-state index in [1.165, 1.54) is 24.9 Å². The molecule has 0 radical (unpaired) electrons. The maximum atomic E-state index is 5.55. The van der Waals surface area contributed by atoms with E-state index in [-0.39, 0.29) is 0 Å². The third-order valence-corrected chi connectivity index (χ3v) is 4.37. The van der Waals surface area contributed by atoms with E-state index >= 15 is 0 Å².